The molecule has 0 aromatic heterocycles. The molecular weight excluding hydrogens is 104 g/mol. The van der Waals surface area contributed by atoms with Gasteiger partial charge in [-0.25, -0.2) is 4.79 Å². The van der Waals surface area contributed by atoms with Gasteiger partial charge in [0.05, 0.1) is 7.11 Å². The van der Waals surface area contributed by atoms with Crippen LogP contribution in [0.25, 0.3) is 0 Å². The van der Waals surface area contributed by atoms with Crippen molar-refractivity contribution in [3.05, 3.63) is 11.6 Å². The van der Waals surface area contributed by atoms with Crippen LogP contribution in [-0.4, -0.2) is 13.1 Å². The molecule has 0 aromatic carbocycles. The van der Waals surface area contributed by atoms with Gasteiger partial charge in [-0.05, 0) is 13.8 Å². The number of hydrogen-bond acceptors (Lipinski definition) is 2. The van der Waals surface area contributed by atoms with Crippen molar-refractivity contribution in [3.8, 4) is 0 Å². The molecule has 0 saturated carbocycles. The molecule has 0 fully saturated rings. The SMILES string of the molecule is CC=C(C)C(=O)OC. The lowest BCUT2D eigenvalue weighted by atomic mass is 10.3. The third-order valence-corrected chi connectivity index (χ3v) is 0.940. The second kappa shape index (κ2) is 3.24. The van der Waals surface area contributed by atoms with E-state index in [9.17, 15) is 4.79 Å². The highest BCUT2D eigenvalue weighted by Gasteiger charge is 1.98. The molecule has 2 nitrogen and oxygen atoms in total. The first-order valence-corrected chi connectivity index (χ1v) is 2.43. The Balaban J connectivity index is 3.83. The van der Waals surface area contributed by atoms with E-state index in [4.69, 9.17) is 0 Å². The highest BCUT2D eigenvalue weighted by molar-refractivity contribution is 5.87. The zero-order valence-electron chi connectivity index (χ0n) is 5.39. The van der Waals surface area contributed by atoms with Gasteiger partial charge >= 0.3 is 5.97 Å². The molecule has 0 radical (unpaired) electrons. The van der Waals surface area contributed by atoms with E-state index in [2.05, 4.69) is 4.74 Å². The van der Waals surface area contributed by atoms with E-state index < -0.39 is 0 Å². The first kappa shape index (κ1) is 7.21. The van der Waals surface area contributed by atoms with Gasteiger partial charge in [0.25, 0.3) is 0 Å². The molecule has 0 heterocycles. The predicted molar refractivity (Wildman–Crippen MR) is 31.4 cm³/mol. The molecule has 2 heteroatoms. The van der Waals surface area contributed by atoms with Gasteiger partial charge < -0.3 is 4.74 Å². The number of allylic oxidation sites excluding steroid dienone is 1. The van der Waals surface area contributed by atoms with E-state index >= 15 is 0 Å². The van der Waals surface area contributed by atoms with Gasteiger partial charge in [0.2, 0.25) is 0 Å². The molecule has 0 amide bonds. The smallest absolute Gasteiger partial charge is 0.333 e. The highest BCUT2D eigenvalue weighted by Crippen LogP contribution is 1.92. The predicted octanol–water partition coefficient (Wildman–Crippen LogP) is 1.13. The standard InChI is InChI=1S/C6H10O2/c1-4-5(2)6(7)8-3/h4H,1-3H3. The quantitative estimate of drug-likeness (QED) is 0.377. The summed E-state index contributed by atoms with van der Waals surface area (Å²) >= 11 is 0. The van der Waals surface area contributed by atoms with Gasteiger partial charge in [-0.2, -0.15) is 0 Å². The first-order chi connectivity index (χ1) is 3.72. The Bertz CT molecular complexity index is 114. The van der Waals surface area contributed by atoms with Crippen molar-refractivity contribution in [1.29, 1.82) is 0 Å². The molecule has 0 atom stereocenters. The average Bonchev–Trinajstić information content (AvgIpc) is 1.84. The molecule has 46 valence electrons. The van der Waals surface area contributed by atoms with Crippen LogP contribution in [0.3, 0.4) is 0 Å². The lowest BCUT2D eigenvalue weighted by molar-refractivity contribution is -0.136. The van der Waals surface area contributed by atoms with Crippen LogP contribution >= 0.6 is 0 Å². The Hall–Kier alpha value is -0.790. The third kappa shape index (κ3) is 1.78. The van der Waals surface area contributed by atoms with E-state index in [0.717, 1.165) is 0 Å². The van der Waals surface area contributed by atoms with Crippen LogP contribution in [0, 0.1) is 0 Å². The molecule has 0 bridgehead atoms. The Kier molecular flexibility index (Phi) is 2.92. The number of rotatable bonds is 1. The Morgan fingerprint density at radius 2 is 2.12 bits per heavy atom. The summed E-state index contributed by atoms with van der Waals surface area (Å²) in [6.45, 7) is 3.51. The molecule has 0 saturated heterocycles. The summed E-state index contributed by atoms with van der Waals surface area (Å²) < 4.78 is 4.40. The number of ether oxygens (including phenoxy) is 1. The number of esters is 1. The van der Waals surface area contributed by atoms with Crippen molar-refractivity contribution < 1.29 is 9.53 Å². The molecule has 0 N–H and O–H groups in total. The molecule has 0 unspecified atom stereocenters. The Labute approximate surface area is 49.1 Å². The van der Waals surface area contributed by atoms with Crippen LogP contribution in [0.15, 0.2) is 11.6 Å². The molecule has 0 aliphatic rings. The Morgan fingerprint density at radius 3 is 2.25 bits per heavy atom. The maximum Gasteiger partial charge on any atom is 0.333 e. The topological polar surface area (TPSA) is 26.3 Å². The van der Waals surface area contributed by atoms with Crippen LogP contribution in [0.2, 0.25) is 0 Å². The van der Waals surface area contributed by atoms with Crippen LogP contribution in [0.1, 0.15) is 13.8 Å². The summed E-state index contributed by atoms with van der Waals surface area (Å²) in [6, 6.07) is 0. The normalized spacial score (nSPS) is 11.1. The van der Waals surface area contributed by atoms with E-state index in [1.54, 1.807) is 19.9 Å². The summed E-state index contributed by atoms with van der Waals surface area (Å²) in [5.74, 6) is -0.257. The second-order valence-electron chi connectivity index (χ2n) is 1.46. The number of carbonyl (C=O) groups excluding carboxylic acids is 1. The number of carbonyl (C=O) groups is 1. The summed E-state index contributed by atoms with van der Waals surface area (Å²) in [7, 11) is 1.37. The number of methoxy groups -OCH3 is 1. The summed E-state index contributed by atoms with van der Waals surface area (Å²) in [6.07, 6.45) is 1.71. The second-order valence-corrected chi connectivity index (χ2v) is 1.46. The van der Waals surface area contributed by atoms with Gasteiger partial charge in [-0.3, -0.25) is 0 Å². The Morgan fingerprint density at radius 1 is 1.62 bits per heavy atom. The molecule has 0 aromatic rings. The molecule has 0 aliphatic carbocycles. The van der Waals surface area contributed by atoms with Gasteiger partial charge in [-0.1, -0.05) is 6.08 Å². The van der Waals surface area contributed by atoms with Gasteiger partial charge in [0.15, 0.2) is 0 Å². The largest absolute Gasteiger partial charge is 0.466 e. The van der Waals surface area contributed by atoms with Crippen molar-refractivity contribution in [2.75, 3.05) is 7.11 Å². The summed E-state index contributed by atoms with van der Waals surface area (Å²) in [5, 5.41) is 0. The van der Waals surface area contributed by atoms with Gasteiger partial charge in [0, 0.05) is 5.57 Å². The fourth-order valence-electron chi connectivity index (χ4n) is 0.279. The van der Waals surface area contributed by atoms with Gasteiger partial charge in [0.1, 0.15) is 0 Å². The zero-order chi connectivity index (χ0) is 6.57. The zero-order valence-corrected chi connectivity index (χ0v) is 5.39. The van der Waals surface area contributed by atoms with Crippen LogP contribution < -0.4 is 0 Å². The van der Waals surface area contributed by atoms with Crippen molar-refractivity contribution in [2.45, 2.75) is 13.8 Å². The monoisotopic (exact) mass is 114 g/mol. The maximum absolute atomic E-state index is 10.5. The number of hydrogen-bond donors (Lipinski definition) is 0. The van der Waals surface area contributed by atoms with Crippen molar-refractivity contribution in [3.63, 3.8) is 0 Å². The maximum atomic E-state index is 10.5. The molecule has 0 spiro atoms. The van der Waals surface area contributed by atoms with Crippen LogP contribution in [0.5, 0.6) is 0 Å². The molecule has 0 aliphatic heterocycles. The summed E-state index contributed by atoms with van der Waals surface area (Å²) in [5.41, 5.74) is 0.646. The van der Waals surface area contributed by atoms with E-state index in [0.29, 0.717) is 5.57 Å². The van der Waals surface area contributed by atoms with E-state index in [1.165, 1.54) is 7.11 Å². The minimum atomic E-state index is -0.257. The van der Waals surface area contributed by atoms with Crippen molar-refractivity contribution >= 4 is 5.97 Å². The third-order valence-electron chi connectivity index (χ3n) is 0.940. The fraction of sp³-hybridized carbons (Fsp3) is 0.500. The van der Waals surface area contributed by atoms with Gasteiger partial charge in [-0.15, -0.1) is 0 Å². The van der Waals surface area contributed by atoms with Crippen molar-refractivity contribution in [2.24, 2.45) is 0 Å². The molecular formula is C6H10O2. The average molecular weight is 114 g/mol. The fourth-order valence-corrected chi connectivity index (χ4v) is 0.279. The van der Waals surface area contributed by atoms with Crippen LogP contribution in [0.4, 0.5) is 0 Å². The first-order valence-electron chi connectivity index (χ1n) is 2.43. The minimum absolute atomic E-state index is 0.257. The minimum Gasteiger partial charge on any atom is -0.466 e. The van der Waals surface area contributed by atoms with E-state index in [1.807, 2.05) is 0 Å². The summed E-state index contributed by atoms with van der Waals surface area (Å²) in [4.78, 5) is 10.5. The lowest BCUT2D eigenvalue weighted by Gasteiger charge is -1.93. The highest BCUT2D eigenvalue weighted by atomic mass is 16.5. The lowest BCUT2D eigenvalue weighted by Crippen LogP contribution is -2.00. The van der Waals surface area contributed by atoms with Crippen LogP contribution in [-0.2, 0) is 9.53 Å². The van der Waals surface area contributed by atoms with E-state index in [-0.39, 0.29) is 5.97 Å². The molecule has 8 heavy (non-hydrogen) atoms. The van der Waals surface area contributed by atoms with Crippen molar-refractivity contribution in [1.82, 2.24) is 0 Å². The molecule has 0 rings (SSSR count).